The monoisotopic (exact) mass is 349 g/mol. The number of hydrogen-bond donors (Lipinski definition) is 2. The molecule has 0 radical (unpaired) electrons. The highest BCUT2D eigenvalue weighted by Crippen LogP contribution is 2.26. The number of carbonyl (C=O) groups excluding carboxylic acids is 2. The predicted molar refractivity (Wildman–Crippen MR) is 93.8 cm³/mol. The highest BCUT2D eigenvalue weighted by atomic mass is 32.2. The summed E-state index contributed by atoms with van der Waals surface area (Å²) in [5.74, 6) is 0.302. The molecule has 1 aromatic heterocycles. The van der Waals surface area contributed by atoms with E-state index in [0.29, 0.717) is 17.9 Å². The van der Waals surface area contributed by atoms with E-state index in [4.69, 9.17) is 0 Å². The molecule has 2 amide bonds. The van der Waals surface area contributed by atoms with Crippen LogP contribution in [0.2, 0.25) is 0 Å². The first-order chi connectivity index (χ1) is 11.2. The van der Waals surface area contributed by atoms with Crippen molar-refractivity contribution in [1.82, 2.24) is 15.6 Å². The van der Waals surface area contributed by atoms with Crippen LogP contribution in [-0.2, 0) is 10.5 Å². The average Bonchev–Trinajstić information content (AvgIpc) is 3.09. The van der Waals surface area contributed by atoms with Gasteiger partial charge in [-0.15, -0.1) is 23.1 Å². The first-order valence-electron chi connectivity index (χ1n) is 7.34. The maximum Gasteiger partial charge on any atom is 0.252 e. The molecule has 0 saturated carbocycles. The smallest absolute Gasteiger partial charge is 0.252 e. The molecule has 0 fully saturated rings. The molecule has 2 N–H and O–H groups in total. The van der Waals surface area contributed by atoms with E-state index in [9.17, 15) is 9.59 Å². The van der Waals surface area contributed by atoms with Gasteiger partial charge < -0.3 is 10.6 Å². The van der Waals surface area contributed by atoms with Crippen LogP contribution in [0.1, 0.15) is 29.4 Å². The molecule has 23 heavy (non-hydrogen) atoms. The van der Waals surface area contributed by atoms with Crippen molar-refractivity contribution in [3.05, 3.63) is 46.4 Å². The van der Waals surface area contributed by atoms with Crippen LogP contribution < -0.4 is 10.6 Å². The summed E-state index contributed by atoms with van der Waals surface area (Å²) in [6, 6.07) is 7.39. The number of hydrogen-bond acceptors (Lipinski definition) is 5. The first-order valence-corrected chi connectivity index (χ1v) is 9.27. The average molecular weight is 349 g/mol. The summed E-state index contributed by atoms with van der Waals surface area (Å²) >= 11 is 3.12. The van der Waals surface area contributed by atoms with Gasteiger partial charge in [-0.1, -0.05) is 19.1 Å². The van der Waals surface area contributed by atoms with E-state index in [1.165, 1.54) is 0 Å². The van der Waals surface area contributed by atoms with Crippen LogP contribution in [0.3, 0.4) is 0 Å². The van der Waals surface area contributed by atoms with E-state index in [0.717, 1.165) is 17.0 Å². The molecule has 7 heteroatoms. The molecular weight excluding hydrogens is 330 g/mol. The van der Waals surface area contributed by atoms with Crippen molar-refractivity contribution in [1.29, 1.82) is 0 Å². The van der Waals surface area contributed by atoms with E-state index in [1.54, 1.807) is 34.7 Å². The number of thioether (sulfide) groups is 1. The van der Waals surface area contributed by atoms with Crippen LogP contribution in [0.4, 0.5) is 0 Å². The fraction of sp³-hybridized carbons (Fsp3) is 0.312. The highest BCUT2D eigenvalue weighted by molar-refractivity contribution is 7.98. The minimum atomic E-state index is -0.238. The molecular formula is C16H19N3O2S2. The van der Waals surface area contributed by atoms with Crippen molar-refractivity contribution in [3.63, 3.8) is 0 Å². The third-order valence-corrected chi connectivity index (χ3v) is 4.71. The Labute approximate surface area is 143 Å². The van der Waals surface area contributed by atoms with Gasteiger partial charge in [-0.2, -0.15) is 0 Å². The molecule has 0 bridgehead atoms. The van der Waals surface area contributed by atoms with Crippen LogP contribution in [0.15, 0.2) is 40.1 Å². The Hall–Kier alpha value is -1.86. The second kappa shape index (κ2) is 9.32. The Morgan fingerprint density at radius 1 is 1.26 bits per heavy atom. The summed E-state index contributed by atoms with van der Waals surface area (Å²) in [5.41, 5.74) is 3.37. The number of nitrogens with zero attached hydrogens (tertiary/aromatic N) is 1. The molecule has 0 aliphatic rings. The van der Waals surface area contributed by atoms with Gasteiger partial charge in [0.1, 0.15) is 0 Å². The van der Waals surface area contributed by atoms with E-state index in [-0.39, 0.29) is 18.4 Å². The zero-order chi connectivity index (χ0) is 16.5. The van der Waals surface area contributed by atoms with E-state index >= 15 is 0 Å². The normalized spacial score (nSPS) is 10.3. The topological polar surface area (TPSA) is 71.1 Å². The van der Waals surface area contributed by atoms with Crippen molar-refractivity contribution in [2.45, 2.75) is 24.0 Å². The lowest BCUT2D eigenvalue weighted by Gasteiger charge is -2.09. The number of thiazole rings is 1. The Balaban J connectivity index is 1.93. The molecule has 0 unspecified atom stereocenters. The second-order valence-corrected chi connectivity index (χ2v) is 6.53. The van der Waals surface area contributed by atoms with Crippen LogP contribution in [-0.4, -0.2) is 29.9 Å². The molecule has 2 aromatic rings. The Kier molecular flexibility index (Phi) is 7.09. The van der Waals surface area contributed by atoms with Crippen molar-refractivity contribution in [2.75, 3.05) is 13.1 Å². The van der Waals surface area contributed by atoms with Gasteiger partial charge >= 0.3 is 0 Å². The SMILES string of the molecule is CCCNC(=O)CNC(=O)c1ccccc1SCc1cscn1. The zero-order valence-electron chi connectivity index (χ0n) is 12.9. The van der Waals surface area contributed by atoms with Gasteiger partial charge in [-0.25, -0.2) is 4.98 Å². The third kappa shape index (κ3) is 5.69. The number of aromatic nitrogens is 1. The van der Waals surface area contributed by atoms with Gasteiger partial charge in [0.25, 0.3) is 5.91 Å². The lowest BCUT2D eigenvalue weighted by molar-refractivity contribution is -0.120. The van der Waals surface area contributed by atoms with Gasteiger partial charge in [0.15, 0.2) is 0 Å². The summed E-state index contributed by atoms with van der Waals surface area (Å²) < 4.78 is 0. The third-order valence-electron chi connectivity index (χ3n) is 2.97. The molecule has 0 saturated heterocycles. The molecule has 0 spiro atoms. The molecule has 0 aliphatic heterocycles. The number of nitrogens with one attached hydrogen (secondary N) is 2. The van der Waals surface area contributed by atoms with Crippen LogP contribution >= 0.6 is 23.1 Å². The molecule has 0 aliphatic carbocycles. The van der Waals surface area contributed by atoms with Crippen molar-refractivity contribution in [3.8, 4) is 0 Å². The number of carbonyl (C=O) groups is 2. The van der Waals surface area contributed by atoms with E-state index < -0.39 is 0 Å². The minimum absolute atomic E-state index is 0.01000. The maximum absolute atomic E-state index is 12.3. The fourth-order valence-corrected chi connectivity index (χ4v) is 3.44. The zero-order valence-corrected chi connectivity index (χ0v) is 14.5. The van der Waals surface area contributed by atoms with Crippen molar-refractivity contribution in [2.24, 2.45) is 0 Å². The molecule has 1 aromatic carbocycles. The number of benzene rings is 1. The quantitative estimate of drug-likeness (QED) is 0.719. The lowest BCUT2D eigenvalue weighted by atomic mass is 10.2. The molecule has 5 nitrogen and oxygen atoms in total. The molecule has 2 rings (SSSR count). The number of rotatable bonds is 8. The van der Waals surface area contributed by atoms with Gasteiger partial charge in [-0.05, 0) is 18.6 Å². The van der Waals surface area contributed by atoms with Crippen LogP contribution in [0.25, 0.3) is 0 Å². The maximum atomic E-state index is 12.3. The predicted octanol–water partition coefficient (Wildman–Crippen LogP) is 2.69. The summed E-state index contributed by atoms with van der Waals surface area (Å²) in [6.45, 7) is 2.59. The van der Waals surface area contributed by atoms with Crippen molar-refractivity contribution >= 4 is 34.9 Å². The lowest BCUT2D eigenvalue weighted by Crippen LogP contribution is -2.37. The van der Waals surface area contributed by atoms with Gasteiger partial charge in [0.2, 0.25) is 5.91 Å². The van der Waals surface area contributed by atoms with Gasteiger partial charge in [0, 0.05) is 22.6 Å². The Morgan fingerprint density at radius 2 is 2.09 bits per heavy atom. The molecule has 1 heterocycles. The summed E-state index contributed by atoms with van der Waals surface area (Å²) in [6.07, 6.45) is 0.871. The minimum Gasteiger partial charge on any atom is -0.355 e. The van der Waals surface area contributed by atoms with Crippen LogP contribution in [0.5, 0.6) is 0 Å². The summed E-state index contributed by atoms with van der Waals surface area (Å²) in [5, 5.41) is 7.39. The largest absolute Gasteiger partial charge is 0.355 e. The van der Waals surface area contributed by atoms with Crippen LogP contribution in [0, 0.1) is 0 Å². The standard InChI is InChI=1S/C16H19N3O2S2/c1-2-7-17-15(20)8-18-16(21)13-5-3-4-6-14(13)23-10-12-9-22-11-19-12/h3-6,9,11H,2,7-8,10H2,1H3,(H,17,20)(H,18,21). The summed E-state index contributed by atoms with van der Waals surface area (Å²) in [7, 11) is 0. The molecule has 122 valence electrons. The highest BCUT2D eigenvalue weighted by Gasteiger charge is 2.12. The van der Waals surface area contributed by atoms with Gasteiger partial charge in [0.05, 0.1) is 23.3 Å². The van der Waals surface area contributed by atoms with Crippen molar-refractivity contribution < 1.29 is 9.59 Å². The fourth-order valence-electron chi connectivity index (χ4n) is 1.82. The van der Waals surface area contributed by atoms with E-state index in [1.807, 2.05) is 30.5 Å². The van der Waals surface area contributed by atoms with Gasteiger partial charge in [-0.3, -0.25) is 9.59 Å². The summed E-state index contributed by atoms with van der Waals surface area (Å²) in [4.78, 5) is 29.0. The Bertz CT molecular complexity index is 645. The number of amides is 2. The second-order valence-electron chi connectivity index (χ2n) is 4.80. The molecule has 0 atom stereocenters. The van der Waals surface area contributed by atoms with E-state index in [2.05, 4.69) is 15.6 Å². The first kappa shape index (κ1) is 17.5. The Morgan fingerprint density at radius 3 is 2.83 bits per heavy atom.